The normalized spacial score (nSPS) is 11.0. The number of rotatable bonds is 5. The number of ketones is 1. The molecule has 4 nitrogen and oxygen atoms in total. The second-order valence-electron chi connectivity index (χ2n) is 5.81. The molecular formula is C18H19N3OS2. The zero-order valence-corrected chi connectivity index (χ0v) is 15.8. The summed E-state index contributed by atoms with van der Waals surface area (Å²) in [5.74, 6) is 1.32. The number of thiophene rings is 1. The lowest BCUT2D eigenvalue weighted by molar-refractivity contribution is 0.102. The Kier molecular flexibility index (Phi) is 4.87. The molecule has 0 fully saturated rings. The Labute approximate surface area is 149 Å². The summed E-state index contributed by atoms with van der Waals surface area (Å²) in [5.41, 5.74) is 4.19. The number of hydrogen-bond donors (Lipinski definition) is 0. The molecule has 0 spiro atoms. The highest BCUT2D eigenvalue weighted by molar-refractivity contribution is 7.99. The van der Waals surface area contributed by atoms with Crippen LogP contribution in [0.25, 0.3) is 10.7 Å². The van der Waals surface area contributed by atoms with E-state index in [1.54, 1.807) is 11.3 Å². The van der Waals surface area contributed by atoms with E-state index in [-0.39, 0.29) is 5.78 Å². The van der Waals surface area contributed by atoms with Crippen LogP contribution in [0.4, 0.5) is 0 Å². The highest BCUT2D eigenvalue weighted by Crippen LogP contribution is 2.26. The number of nitrogens with zero attached hydrogens (tertiary/aromatic N) is 3. The van der Waals surface area contributed by atoms with Gasteiger partial charge in [-0.3, -0.25) is 4.79 Å². The molecule has 2 aromatic heterocycles. The molecule has 1 aromatic carbocycles. The van der Waals surface area contributed by atoms with Crippen molar-refractivity contribution in [2.75, 3.05) is 5.75 Å². The Bertz CT molecular complexity index is 882. The lowest BCUT2D eigenvalue weighted by atomic mass is 9.99. The van der Waals surface area contributed by atoms with E-state index in [4.69, 9.17) is 0 Å². The van der Waals surface area contributed by atoms with E-state index in [1.165, 1.54) is 17.3 Å². The van der Waals surface area contributed by atoms with Crippen LogP contribution in [0.1, 0.15) is 27.0 Å². The number of aromatic nitrogens is 3. The number of thioether (sulfide) groups is 1. The summed E-state index contributed by atoms with van der Waals surface area (Å²) in [6, 6.07) is 8.08. The number of carbonyl (C=O) groups is 1. The molecule has 0 aliphatic carbocycles. The van der Waals surface area contributed by atoms with Gasteiger partial charge in [-0.1, -0.05) is 23.9 Å². The van der Waals surface area contributed by atoms with Crippen LogP contribution in [-0.4, -0.2) is 26.3 Å². The first-order chi connectivity index (χ1) is 11.5. The summed E-state index contributed by atoms with van der Waals surface area (Å²) < 4.78 is 1.94. The van der Waals surface area contributed by atoms with Crippen LogP contribution in [0, 0.1) is 20.8 Å². The number of Topliss-reactive ketones (excluding diaryl/α,β-unsaturated/α-hetero) is 1. The Morgan fingerprint density at radius 3 is 2.62 bits per heavy atom. The first kappa shape index (κ1) is 16.9. The number of hydrogen-bond acceptors (Lipinski definition) is 5. The van der Waals surface area contributed by atoms with Gasteiger partial charge in [-0.25, -0.2) is 0 Å². The van der Waals surface area contributed by atoms with Crippen LogP contribution in [0.2, 0.25) is 0 Å². The number of benzene rings is 1. The van der Waals surface area contributed by atoms with Crippen LogP contribution in [-0.2, 0) is 7.05 Å². The molecule has 24 heavy (non-hydrogen) atoms. The predicted molar refractivity (Wildman–Crippen MR) is 100 cm³/mol. The quantitative estimate of drug-likeness (QED) is 0.500. The molecule has 2 heterocycles. The van der Waals surface area contributed by atoms with Crippen LogP contribution >= 0.6 is 23.1 Å². The van der Waals surface area contributed by atoms with Gasteiger partial charge < -0.3 is 4.57 Å². The first-order valence-corrected chi connectivity index (χ1v) is 9.51. The van der Waals surface area contributed by atoms with Gasteiger partial charge in [0.25, 0.3) is 0 Å². The van der Waals surface area contributed by atoms with E-state index >= 15 is 0 Å². The van der Waals surface area contributed by atoms with Crippen molar-refractivity contribution in [2.24, 2.45) is 7.05 Å². The minimum absolute atomic E-state index is 0.126. The summed E-state index contributed by atoms with van der Waals surface area (Å²) >= 11 is 3.06. The number of carbonyl (C=O) groups excluding carboxylic acids is 1. The van der Waals surface area contributed by atoms with Gasteiger partial charge in [-0.05, 0) is 55.0 Å². The maximum Gasteiger partial charge on any atom is 0.191 e. The van der Waals surface area contributed by atoms with Crippen molar-refractivity contribution in [1.82, 2.24) is 14.8 Å². The summed E-state index contributed by atoms with van der Waals surface area (Å²) in [7, 11) is 1.93. The van der Waals surface area contributed by atoms with Crippen LogP contribution in [0.3, 0.4) is 0 Å². The molecule has 124 valence electrons. The van der Waals surface area contributed by atoms with E-state index in [9.17, 15) is 4.79 Å². The van der Waals surface area contributed by atoms with Crippen LogP contribution < -0.4 is 0 Å². The van der Waals surface area contributed by atoms with Crippen LogP contribution in [0.5, 0.6) is 0 Å². The van der Waals surface area contributed by atoms with E-state index in [2.05, 4.69) is 23.2 Å². The van der Waals surface area contributed by atoms with Gasteiger partial charge in [0.2, 0.25) is 0 Å². The Morgan fingerprint density at radius 2 is 1.92 bits per heavy atom. The van der Waals surface area contributed by atoms with Gasteiger partial charge in [-0.2, -0.15) is 0 Å². The second-order valence-corrected chi connectivity index (χ2v) is 7.70. The van der Waals surface area contributed by atoms with Gasteiger partial charge in [0.1, 0.15) is 0 Å². The fourth-order valence-corrected chi connectivity index (χ4v) is 4.07. The zero-order chi connectivity index (χ0) is 17.3. The molecule has 0 amide bonds. The minimum Gasteiger partial charge on any atom is -0.304 e. The van der Waals surface area contributed by atoms with Crippen molar-refractivity contribution >= 4 is 28.9 Å². The summed E-state index contributed by atoms with van der Waals surface area (Å²) in [5, 5.41) is 11.2. The van der Waals surface area contributed by atoms with Gasteiger partial charge in [0, 0.05) is 12.6 Å². The predicted octanol–water partition coefficient (Wildman–Crippen LogP) is 4.44. The van der Waals surface area contributed by atoms with Gasteiger partial charge in [0.15, 0.2) is 16.8 Å². The lowest BCUT2D eigenvalue weighted by Crippen LogP contribution is -2.07. The largest absolute Gasteiger partial charge is 0.304 e. The fourth-order valence-electron chi connectivity index (χ4n) is 2.53. The molecule has 0 saturated heterocycles. The topological polar surface area (TPSA) is 47.8 Å². The van der Waals surface area contributed by atoms with E-state index in [1.807, 2.05) is 49.0 Å². The van der Waals surface area contributed by atoms with E-state index in [0.717, 1.165) is 32.5 Å². The Hall–Kier alpha value is -1.92. The average molecular weight is 358 g/mol. The second kappa shape index (κ2) is 6.91. The maximum atomic E-state index is 12.6. The molecule has 0 bridgehead atoms. The zero-order valence-electron chi connectivity index (χ0n) is 14.2. The smallest absolute Gasteiger partial charge is 0.191 e. The maximum absolute atomic E-state index is 12.6. The lowest BCUT2D eigenvalue weighted by Gasteiger charge is -2.09. The van der Waals surface area contributed by atoms with Crippen LogP contribution in [0.15, 0.2) is 34.8 Å². The number of aryl methyl sites for hydroxylation is 3. The molecule has 0 radical (unpaired) electrons. The van der Waals surface area contributed by atoms with Gasteiger partial charge in [-0.15, -0.1) is 21.5 Å². The molecule has 0 aliphatic heterocycles. The third kappa shape index (κ3) is 3.30. The van der Waals surface area contributed by atoms with Crippen molar-refractivity contribution in [3.05, 3.63) is 51.9 Å². The van der Waals surface area contributed by atoms with Crippen molar-refractivity contribution in [3.63, 3.8) is 0 Å². The molecule has 0 saturated carbocycles. The monoisotopic (exact) mass is 357 g/mol. The highest BCUT2D eigenvalue weighted by atomic mass is 32.2. The molecular weight excluding hydrogens is 338 g/mol. The van der Waals surface area contributed by atoms with Crippen molar-refractivity contribution < 1.29 is 4.79 Å². The fraction of sp³-hybridized carbons (Fsp3) is 0.278. The summed E-state index contributed by atoms with van der Waals surface area (Å²) in [6.07, 6.45) is 0. The molecule has 0 aliphatic rings. The molecule has 6 heteroatoms. The Balaban J connectivity index is 1.75. The minimum atomic E-state index is 0.126. The molecule has 0 unspecified atom stereocenters. The summed E-state index contributed by atoms with van der Waals surface area (Å²) in [4.78, 5) is 13.6. The molecule has 0 N–H and O–H groups in total. The SMILES string of the molecule is Cc1cc(C)c(C(=O)CSc2nnc(-c3cccs3)n2C)cc1C. The van der Waals surface area contributed by atoms with E-state index < -0.39 is 0 Å². The Morgan fingerprint density at radius 1 is 1.17 bits per heavy atom. The van der Waals surface area contributed by atoms with Gasteiger partial charge in [0.05, 0.1) is 10.6 Å². The van der Waals surface area contributed by atoms with Crippen molar-refractivity contribution in [1.29, 1.82) is 0 Å². The van der Waals surface area contributed by atoms with Crippen molar-refractivity contribution in [3.8, 4) is 10.7 Å². The van der Waals surface area contributed by atoms with Gasteiger partial charge >= 0.3 is 0 Å². The molecule has 3 aromatic rings. The third-order valence-corrected chi connectivity index (χ3v) is 5.94. The summed E-state index contributed by atoms with van der Waals surface area (Å²) in [6.45, 7) is 6.09. The third-order valence-electron chi connectivity index (χ3n) is 4.05. The standard InChI is InChI=1S/C18H19N3OS2/c1-11-8-13(3)14(9-12(11)2)15(22)10-24-18-20-19-17(21(18)4)16-6-5-7-23-16/h5-9H,10H2,1-4H3. The first-order valence-electron chi connectivity index (χ1n) is 7.64. The highest BCUT2D eigenvalue weighted by Gasteiger charge is 2.15. The molecule has 0 atom stereocenters. The average Bonchev–Trinajstić information content (AvgIpc) is 3.18. The molecule has 3 rings (SSSR count). The van der Waals surface area contributed by atoms with Crippen molar-refractivity contribution in [2.45, 2.75) is 25.9 Å². The van der Waals surface area contributed by atoms with E-state index in [0.29, 0.717) is 5.75 Å².